The Bertz CT molecular complexity index is 782. The molecular weight excluding hydrogens is 344 g/mol. The highest BCUT2D eigenvalue weighted by Crippen LogP contribution is 2.27. The van der Waals surface area contributed by atoms with E-state index < -0.39 is 0 Å². The van der Waals surface area contributed by atoms with Crippen LogP contribution in [0.5, 0.6) is 11.5 Å². The zero-order chi connectivity index (χ0) is 19.5. The van der Waals surface area contributed by atoms with Gasteiger partial charge in [-0.25, -0.2) is 0 Å². The topological polar surface area (TPSA) is 80.6 Å². The van der Waals surface area contributed by atoms with Crippen molar-refractivity contribution in [2.24, 2.45) is 0 Å². The number of ether oxygens (including phenoxy) is 3. The maximum absolute atomic E-state index is 12.0. The summed E-state index contributed by atoms with van der Waals surface area (Å²) in [7, 11) is 3.19. The Morgan fingerprint density at radius 3 is 2.48 bits per heavy atom. The molecule has 0 fully saturated rings. The van der Waals surface area contributed by atoms with Crippen LogP contribution in [-0.4, -0.2) is 26.7 Å². The van der Waals surface area contributed by atoms with Crippen LogP contribution in [0.4, 0.5) is 0 Å². The van der Waals surface area contributed by atoms with Crippen LogP contribution in [0.1, 0.15) is 29.5 Å². The summed E-state index contributed by atoms with van der Waals surface area (Å²) in [6, 6.07) is 15.0. The molecule has 27 heavy (non-hydrogen) atoms. The van der Waals surface area contributed by atoms with Crippen LogP contribution in [0.2, 0.25) is 0 Å². The average Bonchev–Trinajstić information content (AvgIpc) is 2.71. The maximum Gasteiger partial charge on any atom is 0.220 e. The predicted octanol–water partition coefficient (Wildman–Crippen LogP) is 3.19. The van der Waals surface area contributed by atoms with Crippen molar-refractivity contribution in [3.8, 4) is 17.6 Å². The first-order chi connectivity index (χ1) is 13.2. The number of carbonyl (C=O) groups excluding carboxylic acids is 1. The number of rotatable bonds is 10. The fourth-order valence-corrected chi connectivity index (χ4v) is 2.48. The Hall–Kier alpha value is -3.04. The molecule has 1 amide bonds. The van der Waals surface area contributed by atoms with Crippen molar-refractivity contribution in [3.05, 3.63) is 59.2 Å². The molecule has 142 valence electrons. The van der Waals surface area contributed by atoms with Gasteiger partial charge in [0, 0.05) is 26.1 Å². The zero-order valence-corrected chi connectivity index (χ0v) is 15.7. The normalized spacial score (nSPS) is 10.1. The van der Waals surface area contributed by atoms with Crippen molar-refractivity contribution < 1.29 is 19.0 Å². The molecule has 2 aromatic rings. The van der Waals surface area contributed by atoms with E-state index in [0.29, 0.717) is 49.7 Å². The molecule has 0 heterocycles. The molecule has 0 saturated carbocycles. The lowest BCUT2D eigenvalue weighted by atomic mass is 10.1. The van der Waals surface area contributed by atoms with Crippen molar-refractivity contribution >= 4 is 5.91 Å². The van der Waals surface area contributed by atoms with E-state index in [4.69, 9.17) is 19.5 Å². The summed E-state index contributed by atoms with van der Waals surface area (Å²) in [5.41, 5.74) is 2.65. The molecular formula is C21H24N2O4. The standard InChI is InChI=1S/C21H24N2O4/c1-25-15-17-7-5-16(6-8-17)14-23-21(24)4-3-11-27-19-10-9-18(13-22)12-20(19)26-2/h5-10,12H,3-4,11,14-15H2,1-2H3,(H,23,24). The molecule has 0 aliphatic heterocycles. The minimum Gasteiger partial charge on any atom is -0.493 e. The highest BCUT2D eigenvalue weighted by molar-refractivity contribution is 5.75. The van der Waals surface area contributed by atoms with Gasteiger partial charge in [-0.2, -0.15) is 5.26 Å². The van der Waals surface area contributed by atoms with E-state index in [1.54, 1.807) is 25.3 Å². The lowest BCUT2D eigenvalue weighted by Crippen LogP contribution is -2.23. The minimum atomic E-state index is -0.0219. The molecule has 0 aliphatic carbocycles. The summed E-state index contributed by atoms with van der Waals surface area (Å²) in [6.07, 6.45) is 0.960. The Morgan fingerprint density at radius 1 is 1.07 bits per heavy atom. The van der Waals surface area contributed by atoms with Crippen LogP contribution >= 0.6 is 0 Å². The van der Waals surface area contributed by atoms with E-state index in [2.05, 4.69) is 11.4 Å². The Labute approximate surface area is 159 Å². The molecule has 0 saturated heterocycles. The number of nitrogens with one attached hydrogen (secondary N) is 1. The first kappa shape index (κ1) is 20.3. The average molecular weight is 368 g/mol. The van der Waals surface area contributed by atoms with E-state index in [1.807, 2.05) is 24.3 Å². The molecule has 0 atom stereocenters. The first-order valence-corrected chi connectivity index (χ1v) is 8.70. The molecule has 1 N–H and O–H groups in total. The number of carbonyl (C=O) groups is 1. The molecule has 2 rings (SSSR count). The van der Waals surface area contributed by atoms with Crippen molar-refractivity contribution in [2.45, 2.75) is 26.0 Å². The number of nitrogens with zero attached hydrogens (tertiary/aromatic N) is 1. The highest BCUT2D eigenvalue weighted by atomic mass is 16.5. The van der Waals surface area contributed by atoms with E-state index in [1.165, 1.54) is 7.11 Å². The van der Waals surface area contributed by atoms with E-state index in [9.17, 15) is 4.79 Å². The molecule has 6 heteroatoms. The molecule has 0 radical (unpaired) electrons. The van der Waals surface area contributed by atoms with Crippen LogP contribution in [-0.2, 0) is 22.7 Å². The van der Waals surface area contributed by atoms with Gasteiger partial charge in [0.15, 0.2) is 11.5 Å². The quantitative estimate of drug-likeness (QED) is 0.652. The summed E-state index contributed by atoms with van der Waals surface area (Å²) in [4.78, 5) is 12.0. The summed E-state index contributed by atoms with van der Waals surface area (Å²) in [5, 5.41) is 11.8. The fraction of sp³-hybridized carbons (Fsp3) is 0.333. The number of amides is 1. The number of benzene rings is 2. The number of hydrogen-bond donors (Lipinski definition) is 1. The Kier molecular flexibility index (Phi) is 8.14. The SMILES string of the molecule is COCc1ccc(CNC(=O)CCCOc2ccc(C#N)cc2OC)cc1. The molecule has 0 aliphatic rings. The Morgan fingerprint density at radius 2 is 1.81 bits per heavy atom. The monoisotopic (exact) mass is 368 g/mol. The summed E-state index contributed by atoms with van der Waals surface area (Å²) >= 11 is 0. The second kappa shape index (κ2) is 10.8. The lowest BCUT2D eigenvalue weighted by Gasteiger charge is -2.11. The molecule has 6 nitrogen and oxygen atoms in total. The van der Waals surface area contributed by atoms with Gasteiger partial charge in [-0.05, 0) is 29.7 Å². The fourth-order valence-electron chi connectivity index (χ4n) is 2.48. The maximum atomic E-state index is 12.0. The highest BCUT2D eigenvalue weighted by Gasteiger charge is 2.07. The van der Waals surface area contributed by atoms with Crippen molar-refractivity contribution in [1.82, 2.24) is 5.32 Å². The van der Waals surface area contributed by atoms with Crippen LogP contribution in [0.15, 0.2) is 42.5 Å². The number of nitriles is 1. The molecule has 0 aromatic heterocycles. The van der Waals surface area contributed by atoms with Gasteiger partial charge in [-0.15, -0.1) is 0 Å². The lowest BCUT2D eigenvalue weighted by molar-refractivity contribution is -0.121. The third-order valence-corrected chi connectivity index (χ3v) is 3.92. The number of hydrogen-bond acceptors (Lipinski definition) is 5. The Balaban J connectivity index is 1.69. The summed E-state index contributed by atoms with van der Waals surface area (Å²) in [6.45, 7) is 1.47. The summed E-state index contributed by atoms with van der Waals surface area (Å²) in [5.74, 6) is 1.05. The van der Waals surface area contributed by atoms with E-state index >= 15 is 0 Å². The third-order valence-electron chi connectivity index (χ3n) is 3.92. The van der Waals surface area contributed by atoms with Crippen LogP contribution in [0.25, 0.3) is 0 Å². The largest absolute Gasteiger partial charge is 0.493 e. The molecule has 2 aromatic carbocycles. The minimum absolute atomic E-state index is 0.0219. The smallest absolute Gasteiger partial charge is 0.220 e. The third kappa shape index (κ3) is 6.65. The van der Waals surface area contributed by atoms with Gasteiger partial charge in [0.05, 0.1) is 32.0 Å². The van der Waals surface area contributed by atoms with Gasteiger partial charge in [0.1, 0.15) is 0 Å². The second-order valence-corrected chi connectivity index (χ2v) is 5.96. The van der Waals surface area contributed by atoms with Gasteiger partial charge >= 0.3 is 0 Å². The summed E-state index contributed by atoms with van der Waals surface area (Å²) < 4.78 is 15.9. The second-order valence-electron chi connectivity index (χ2n) is 5.96. The van der Waals surface area contributed by atoms with Gasteiger partial charge < -0.3 is 19.5 Å². The zero-order valence-electron chi connectivity index (χ0n) is 15.7. The molecule has 0 unspecified atom stereocenters. The first-order valence-electron chi connectivity index (χ1n) is 8.70. The van der Waals surface area contributed by atoms with Gasteiger partial charge in [-0.1, -0.05) is 24.3 Å². The van der Waals surface area contributed by atoms with E-state index in [0.717, 1.165) is 11.1 Å². The van der Waals surface area contributed by atoms with Crippen molar-refractivity contribution in [1.29, 1.82) is 5.26 Å². The molecule has 0 spiro atoms. The van der Waals surface area contributed by atoms with Crippen LogP contribution in [0.3, 0.4) is 0 Å². The van der Waals surface area contributed by atoms with Gasteiger partial charge in [0.2, 0.25) is 5.91 Å². The van der Waals surface area contributed by atoms with Crippen LogP contribution < -0.4 is 14.8 Å². The van der Waals surface area contributed by atoms with Crippen LogP contribution in [0, 0.1) is 11.3 Å². The van der Waals surface area contributed by atoms with Gasteiger partial charge in [0.25, 0.3) is 0 Å². The van der Waals surface area contributed by atoms with Crippen molar-refractivity contribution in [2.75, 3.05) is 20.8 Å². The predicted molar refractivity (Wildman–Crippen MR) is 101 cm³/mol. The van der Waals surface area contributed by atoms with Gasteiger partial charge in [-0.3, -0.25) is 4.79 Å². The van der Waals surface area contributed by atoms with E-state index in [-0.39, 0.29) is 5.91 Å². The van der Waals surface area contributed by atoms with Crippen molar-refractivity contribution in [3.63, 3.8) is 0 Å². The molecule has 0 bridgehead atoms. The number of methoxy groups -OCH3 is 2.